The number of rotatable bonds is 1. The minimum absolute atomic E-state index is 0.0568. The lowest BCUT2D eigenvalue weighted by atomic mass is 10.1. The largest absolute Gasteiger partial charge is 0.493 e. The summed E-state index contributed by atoms with van der Waals surface area (Å²) < 4.78 is 0. The molecule has 13 heavy (non-hydrogen) atoms. The zero-order chi connectivity index (χ0) is 9.10. The topological polar surface area (TPSA) is 33.1 Å². The summed E-state index contributed by atoms with van der Waals surface area (Å²) in [5, 5.41) is 9.16. The van der Waals surface area contributed by atoms with Crippen molar-refractivity contribution in [3.63, 3.8) is 0 Å². The van der Waals surface area contributed by atoms with E-state index < -0.39 is 0 Å². The second-order valence-corrected chi connectivity index (χ2v) is 2.77. The van der Waals surface area contributed by atoms with Crippen molar-refractivity contribution in [2.24, 2.45) is 0 Å². The third kappa shape index (κ3) is 1.67. The van der Waals surface area contributed by atoms with Gasteiger partial charge in [0.25, 0.3) is 0 Å². The summed E-state index contributed by atoms with van der Waals surface area (Å²) in [6.07, 6.45) is 1.59. The van der Waals surface area contributed by atoms with Gasteiger partial charge in [0.15, 0.2) is 0 Å². The van der Waals surface area contributed by atoms with Crippen LogP contribution in [0.5, 0.6) is 5.88 Å². The van der Waals surface area contributed by atoms with Gasteiger partial charge in [0, 0.05) is 12.3 Å². The van der Waals surface area contributed by atoms with E-state index in [1.807, 2.05) is 36.4 Å². The van der Waals surface area contributed by atoms with E-state index in [0.29, 0.717) is 0 Å². The monoisotopic (exact) mass is 171 g/mol. The van der Waals surface area contributed by atoms with Gasteiger partial charge in [-0.3, -0.25) is 0 Å². The van der Waals surface area contributed by atoms with Crippen LogP contribution in [0.1, 0.15) is 0 Å². The van der Waals surface area contributed by atoms with Crippen molar-refractivity contribution >= 4 is 0 Å². The number of aromatic nitrogens is 1. The maximum Gasteiger partial charge on any atom is 0.211 e. The molecular weight excluding hydrogens is 162 g/mol. The number of pyridine rings is 1. The van der Waals surface area contributed by atoms with Gasteiger partial charge < -0.3 is 5.11 Å². The molecule has 0 radical (unpaired) electrons. The molecule has 0 bridgehead atoms. The summed E-state index contributed by atoms with van der Waals surface area (Å²) in [7, 11) is 0. The smallest absolute Gasteiger partial charge is 0.211 e. The zero-order valence-electron chi connectivity index (χ0n) is 7.01. The predicted octanol–water partition coefficient (Wildman–Crippen LogP) is 2.45. The van der Waals surface area contributed by atoms with E-state index in [1.165, 1.54) is 0 Å². The Hall–Kier alpha value is -1.83. The van der Waals surface area contributed by atoms with Crippen molar-refractivity contribution in [3.8, 4) is 17.0 Å². The SMILES string of the molecule is Oc1cc(-c2ccccc2)ccn1. The Kier molecular flexibility index (Phi) is 1.96. The normalized spacial score (nSPS) is 9.85. The van der Waals surface area contributed by atoms with Crippen LogP contribution in [-0.2, 0) is 0 Å². The fraction of sp³-hybridized carbons (Fsp3) is 0. The lowest BCUT2D eigenvalue weighted by molar-refractivity contribution is 0.454. The van der Waals surface area contributed by atoms with Gasteiger partial charge in [-0.15, -0.1) is 0 Å². The molecule has 2 heteroatoms. The molecule has 64 valence electrons. The summed E-state index contributed by atoms with van der Waals surface area (Å²) in [6, 6.07) is 13.4. The molecule has 0 fully saturated rings. The molecule has 0 unspecified atom stereocenters. The highest BCUT2D eigenvalue weighted by Crippen LogP contribution is 2.20. The minimum Gasteiger partial charge on any atom is -0.493 e. The van der Waals surface area contributed by atoms with Gasteiger partial charge >= 0.3 is 0 Å². The molecule has 0 atom stereocenters. The van der Waals surface area contributed by atoms with Crippen LogP contribution in [-0.4, -0.2) is 10.1 Å². The molecule has 0 saturated heterocycles. The second kappa shape index (κ2) is 3.27. The van der Waals surface area contributed by atoms with E-state index in [-0.39, 0.29) is 5.88 Å². The Balaban J connectivity index is 2.48. The molecular formula is C11H9NO. The number of hydrogen-bond acceptors (Lipinski definition) is 2. The molecule has 0 saturated carbocycles. The lowest BCUT2D eigenvalue weighted by Crippen LogP contribution is -1.78. The molecule has 0 amide bonds. The van der Waals surface area contributed by atoms with Crippen molar-refractivity contribution in [1.82, 2.24) is 4.98 Å². The van der Waals surface area contributed by atoms with Crippen LogP contribution in [0.3, 0.4) is 0 Å². The fourth-order valence-corrected chi connectivity index (χ4v) is 1.23. The lowest BCUT2D eigenvalue weighted by Gasteiger charge is -2.00. The Morgan fingerprint density at radius 3 is 2.38 bits per heavy atom. The first-order valence-electron chi connectivity index (χ1n) is 4.07. The van der Waals surface area contributed by atoms with Crippen LogP contribution in [0.4, 0.5) is 0 Å². The van der Waals surface area contributed by atoms with Gasteiger partial charge in [-0.25, -0.2) is 4.98 Å². The second-order valence-electron chi connectivity index (χ2n) is 2.77. The summed E-state index contributed by atoms with van der Waals surface area (Å²) in [5.41, 5.74) is 2.06. The quantitative estimate of drug-likeness (QED) is 0.714. The number of benzene rings is 1. The van der Waals surface area contributed by atoms with Crippen molar-refractivity contribution in [2.45, 2.75) is 0 Å². The molecule has 1 heterocycles. The Bertz CT molecular complexity index is 398. The minimum atomic E-state index is 0.0568. The van der Waals surface area contributed by atoms with Crippen LogP contribution < -0.4 is 0 Å². The first-order valence-corrected chi connectivity index (χ1v) is 4.07. The molecule has 0 aliphatic carbocycles. The van der Waals surface area contributed by atoms with Gasteiger partial charge in [-0.2, -0.15) is 0 Å². The number of aromatic hydroxyl groups is 1. The van der Waals surface area contributed by atoms with Crippen LogP contribution in [0, 0.1) is 0 Å². The molecule has 2 nitrogen and oxygen atoms in total. The number of nitrogens with zero attached hydrogens (tertiary/aromatic N) is 1. The molecule has 1 N–H and O–H groups in total. The first kappa shape index (κ1) is 7.80. The van der Waals surface area contributed by atoms with E-state index in [4.69, 9.17) is 5.11 Å². The molecule has 0 aliphatic rings. The van der Waals surface area contributed by atoms with Crippen molar-refractivity contribution in [2.75, 3.05) is 0 Å². The highest BCUT2D eigenvalue weighted by Gasteiger charge is 1.96. The third-order valence-corrected chi connectivity index (χ3v) is 1.85. The zero-order valence-corrected chi connectivity index (χ0v) is 7.01. The summed E-state index contributed by atoms with van der Waals surface area (Å²) in [5.74, 6) is 0.0568. The molecule has 2 rings (SSSR count). The van der Waals surface area contributed by atoms with Crippen LogP contribution >= 0.6 is 0 Å². The first-order chi connectivity index (χ1) is 6.36. The van der Waals surface area contributed by atoms with Crippen molar-refractivity contribution in [1.29, 1.82) is 0 Å². The summed E-state index contributed by atoms with van der Waals surface area (Å²) >= 11 is 0. The maximum absolute atomic E-state index is 9.16. The van der Waals surface area contributed by atoms with Crippen LogP contribution in [0.15, 0.2) is 48.7 Å². The Morgan fingerprint density at radius 1 is 0.923 bits per heavy atom. The summed E-state index contributed by atoms with van der Waals surface area (Å²) in [6.45, 7) is 0. The van der Waals surface area contributed by atoms with Gasteiger partial charge in [0.1, 0.15) is 0 Å². The average molecular weight is 171 g/mol. The summed E-state index contributed by atoms with van der Waals surface area (Å²) in [4.78, 5) is 3.72. The molecule has 0 aliphatic heterocycles. The maximum atomic E-state index is 9.16. The molecule has 2 aromatic rings. The van der Waals surface area contributed by atoms with Crippen LogP contribution in [0.2, 0.25) is 0 Å². The highest BCUT2D eigenvalue weighted by molar-refractivity contribution is 5.63. The van der Waals surface area contributed by atoms with E-state index >= 15 is 0 Å². The molecule has 0 spiro atoms. The van der Waals surface area contributed by atoms with E-state index in [0.717, 1.165) is 11.1 Å². The van der Waals surface area contributed by atoms with Crippen LogP contribution in [0.25, 0.3) is 11.1 Å². The third-order valence-electron chi connectivity index (χ3n) is 1.85. The molecule has 1 aromatic heterocycles. The fourth-order valence-electron chi connectivity index (χ4n) is 1.23. The van der Waals surface area contributed by atoms with Gasteiger partial charge in [0.05, 0.1) is 0 Å². The van der Waals surface area contributed by atoms with E-state index in [9.17, 15) is 0 Å². The Labute approximate surface area is 76.5 Å². The standard InChI is InChI=1S/C11H9NO/c13-11-8-10(6-7-12-11)9-4-2-1-3-5-9/h1-8H,(H,12,13). The van der Waals surface area contributed by atoms with E-state index in [2.05, 4.69) is 4.98 Å². The average Bonchev–Trinajstić information content (AvgIpc) is 2.19. The van der Waals surface area contributed by atoms with Gasteiger partial charge in [-0.05, 0) is 17.2 Å². The van der Waals surface area contributed by atoms with Gasteiger partial charge in [0.2, 0.25) is 5.88 Å². The van der Waals surface area contributed by atoms with Crippen molar-refractivity contribution < 1.29 is 5.11 Å². The van der Waals surface area contributed by atoms with Crippen molar-refractivity contribution in [3.05, 3.63) is 48.7 Å². The number of hydrogen-bond donors (Lipinski definition) is 1. The molecule has 1 aromatic carbocycles. The predicted molar refractivity (Wildman–Crippen MR) is 51.3 cm³/mol. The highest BCUT2D eigenvalue weighted by atomic mass is 16.3. The van der Waals surface area contributed by atoms with E-state index in [1.54, 1.807) is 12.3 Å². The van der Waals surface area contributed by atoms with Gasteiger partial charge in [-0.1, -0.05) is 30.3 Å². The Morgan fingerprint density at radius 2 is 1.69 bits per heavy atom.